The van der Waals surface area contributed by atoms with Gasteiger partial charge >= 0.3 is 0 Å². The Hall–Kier alpha value is -1.55. The van der Waals surface area contributed by atoms with Crippen molar-refractivity contribution in [1.29, 1.82) is 0 Å². The molecule has 2 rings (SSSR count). The molecule has 0 aromatic heterocycles. The largest absolute Gasteiger partial charge is 0.494 e. The molecule has 0 fully saturated rings. The molecule has 0 spiro atoms. The van der Waals surface area contributed by atoms with E-state index in [-0.39, 0.29) is 0 Å². The van der Waals surface area contributed by atoms with Crippen LogP contribution in [-0.2, 0) is 4.57 Å². The zero-order valence-corrected chi connectivity index (χ0v) is 16.3. The van der Waals surface area contributed by atoms with Crippen molar-refractivity contribution in [3.63, 3.8) is 0 Å². The number of nitrogens with zero attached hydrogens (tertiary/aromatic N) is 1. The number of rotatable bonds is 8. The van der Waals surface area contributed by atoms with E-state index in [0.29, 0.717) is 5.92 Å². The van der Waals surface area contributed by atoms with Gasteiger partial charge in [-0.2, -0.15) is 0 Å². The summed E-state index contributed by atoms with van der Waals surface area (Å²) in [6.45, 7) is 7.35. The topological polar surface area (TPSA) is 33.6 Å². The van der Waals surface area contributed by atoms with Crippen molar-refractivity contribution in [2.24, 2.45) is 10.9 Å². The van der Waals surface area contributed by atoms with Crippen LogP contribution in [0.3, 0.4) is 0 Å². The zero-order valence-electron chi connectivity index (χ0n) is 14.8. The highest BCUT2D eigenvalue weighted by molar-refractivity contribution is 9.09. The predicted molar refractivity (Wildman–Crippen MR) is 106 cm³/mol. The van der Waals surface area contributed by atoms with E-state index in [0.717, 1.165) is 30.8 Å². The summed E-state index contributed by atoms with van der Waals surface area (Å²) < 4.78 is 5.31. The fraction of sp³-hybridized carbons (Fsp3) is 0.450. The van der Waals surface area contributed by atoms with E-state index in [2.05, 4.69) is 53.1 Å². The first-order valence-corrected chi connectivity index (χ1v) is 9.32. The van der Waals surface area contributed by atoms with Gasteiger partial charge in [-0.05, 0) is 73.2 Å². The van der Waals surface area contributed by atoms with E-state index in [4.69, 9.17) is 4.74 Å². The molecule has 1 unspecified atom stereocenters. The van der Waals surface area contributed by atoms with Gasteiger partial charge in [0.1, 0.15) is 5.75 Å². The molecule has 0 aliphatic carbocycles. The number of alkyl halides is 1. The second-order valence-corrected chi connectivity index (χ2v) is 7.68. The molecular formula is C20H27BrN2O. The molecule has 0 saturated heterocycles. The van der Waals surface area contributed by atoms with Crippen molar-refractivity contribution >= 4 is 22.1 Å². The minimum absolute atomic E-state index is 0.570. The predicted octanol–water partition coefficient (Wildman–Crippen LogP) is 5.53. The molecule has 1 aromatic carbocycles. The molecule has 1 heterocycles. The van der Waals surface area contributed by atoms with E-state index in [1.165, 1.54) is 12.0 Å². The van der Waals surface area contributed by atoms with E-state index in [1.54, 1.807) is 6.21 Å². The van der Waals surface area contributed by atoms with Crippen molar-refractivity contribution in [3.05, 3.63) is 53.8 Å². The van der Waals surface area contributed by atoms with Crippen LogP contribution < -0.4 is 10.1 Å². The van der Waals surface area contributed by atoms with Crippen molar-refractivity contribution in [2.75, 3.05) is 6.61 Å². The van der Waals surface area contributed by atoms with E-state index >= 15 is 0 Å². The molecule has 0 bridgehead atoms. The Morgan fingerprint density at radius 2 is 2.04 bits per heavy atom. The molecule has 2 atom stereocenters. The molecule has 0 amide bonds. The highest BCUT2D eigenvalue weighted by Gasteiger charge is 2.26. The fourth-order valence-corrected chi connectivity index (χ4v) is 3.01. The average Bonchev–Trinajstić information content (AvgIpc) is 2.56. The minimum atomic E-state index is -0.570. The second-order valence-electron chi connectivity index (χ2n) is 6.53. The Kier molecular flexibility index (Phi) is 7.10. The summed E-state index contributed by atoms with van der Waals surface area (Å²) in [6.07, 6.45) is 11.3. The van der Waals surface area contributed by atoms with Gasteiger partial charge in [-0.25, -0.2) is 4.99 Å². The molecule has 1 N–H and O–H groups in total. The van der Waals surface area contributed by atoms with Crippen LogP contribution in [0.15, 0.2) is 53.2 Å². The molecule has 1 aromatic rings. The molecule has 1 aliphatic rings. The normalized spacial score (nSPS) is 20.3. The SMILES string of the molecule is CC(C)=CCC[C@H](C)CCOc1ccc(C2(Br)N=CC=CN2)cc1. The van der Waals surface area contributed by atoms with E-state index in [9.17, 15) is 0 Å². The Bertz CT molecular complexity index is 603. The summed E-state index contributed by atoms with van der Waals surface area (Å²) in [5.41, 5.74) is 2.45. The van der Waals surface area contributed by atoms with Crippen molar-refractivity contribution in [3.8, 4) is 5.75 Å². The summed E-state index contributed by atoms with van der Waals surface area (Å²) in [5.74, 6) is 1.58. The van der Waals surface area contributed by atoms with Crippen LogP contribution in [0.2, 0.25) is 0 Å². The number of allylic oxidation sites excluding steroid dienone is 3. The van der Waals surface area contributed by atoms with Gasteiger partial charge in [0.25, 0.3) is 0 Å². The maximum absolute atomic E-state index is 5.88. The summed E-state index contributed by atoms with van der Waals surface area (Å²) >= 11 is 3.63. The maximum atomic E-state index is 5.88. The van der Waals surface area contributed by atoms with Crippen molar-refractivity contribution in [1.82, 2.24) is 5.32 Å². The monoisotopic (exact) mass is 390 g/mol. The number of nitrogens with one attached hydrogen (secondary N) is 1. The smallest absolute Gasteiger partial charge is 0.211 e. The van der Waals surface area contributed by atoms with Gasteiger partial charge in [0.05, 0.1) is 6.61 Å². The first-order valence-electron chi connectivity index (χ1n) is 8.53. The Morgan fingerprint density at radius 3 is 2.67 bits per heavy atom. The van der Waals surface area contributed by atoms with Crippen molar-refractivity contribution in [2.45, 2.75) is 44.6 Å². The van der Waals surface area contributed by atoms with E-state index < -0.39 is 4.57 Å². The fourth-order valence-electron chi connectivity index (χ4n) is 2.49. The third kappa shape index (κ3) is 5.82. The van der Waals surface area contributed by atoms with Gasteiger partial charge in [0, 0.05) is 18.0 Å². The lowest BCUT2D eigenvalue weighted by atomic mass is 10.0. The molecule has 130 valence electrons. The number of halogens is 1. The number of benzene rings is 1. The van der Waals surface area contributed by atoms with Crippen LogP contribution >= 0.6 is 15.9 Å². The van der Waals surface area contributed by atoms with Crippen LogP contribution in [0.5, 0.6) is 5.75 Å². The molecule has 24 heavy (non-hydrogen) atoms. The maximum Gasteiger partial charge on any atom is 0.211 e. The zero-order chi connectivity index (χ0) is 17.4. The van der Waals surface area contributed by atoms with Gasteiger partial charge < -0.3 is 10.1 Å². The third-order valence-corrected chi connectivity index (χ3v) is 4.93. The lowest BCUT2D eigenvalue weighted by molar-refractivity contribution is 0.279. The molecule has 0 saturated carbocycles. The Morgan fingerprint density at radius 1 is 1.29 bits per heavy atom. The first kappa shape index (κ1) is 18.8. The first-order chi connectivity index (χ1) is 11.5. The third-order valence-electron chi connectivity index (χ3n) is 4.04. The number of aliphatic imine (C=N–C) groups is 1. The summed E-state index contributed by atoms with van der Waals surface area (Å²) in [4.78, 5) is 4.44. The Balaban J connectivity index is 1.77. The minimum Gasteiger partial charge on any atom is -0.494 e. The molecular weight excluding hydrogens is 364 g/mol. The van der Waals surface area contributed by atoms with Crippen LogP contribution in [0.25, 0.3) is 0 Å². The average molecular weight is 391 g/mol. The highest BCUT2D eigenvalue weighted by atomic mass is 79.9. The standard InChI is InChI=1S/C20H27BrN2O/c1-16(2)6-4-7-17(3)12-15-24-19-10-8-18(9-11-19)20(21)22-13-5-14-23-20/h5-6,8-11,13-14,17,22H,4,7,12,15H2,1-3H3/t17-,20?/m0/s1. The highest BCUT2D eigenvalue weighted by Crippen LogP contribution is 2.32. The van der Waals surface area contributed by atoms with Gasteiger partial charge in [-0.15, -0.1) is 0 Å². The van der Waals surface area contributed by atoms with Crippen LogP contribution in [-0.4, -0.2) is 12.8 Å². The summed E-state index contributed by atoms with van der Waals surface area (Å²) in [5, 5.41) is 3.21. The number of ether oxygens (including phenoxy) is 1. The summed E-state index contributed by atoms with van der Waals surface area (Å²) in [6, 6.07) is 8.07. The molecule has 3 nitrogen and oxygen atoms in total. The quantitative estimate of drug-likeness (QED) is 0.359. The van der Waals surface area contributed by atoms with Gasteiger partial charge in [0.15, 0.2) is 0 Å². The van der Waals surface area contributed by atoms with Crippen LogP contribution in [0.1, 0.15) is 45.6 Å². The summed E-state index contributed by atoms with van der Waals surface area (Å²) in [7, 11) is 0. The van der Waals surface area contributed by atoms with Gasteiger partial charge in [-0.1, -0.05) is 30.7 Å². The van der Waals surface area contributed by atoms with Gasteiger partial charge in [-0.3, -0.25) is 0 Å². The van der Waals surface area contributed by atoms with E-state index in [1.807, 2.05) is 36.5 Å². The molecule has 4 heteroatoms. The van der Waals surface area contributed by atoms with Gasteiger partial charge in [0.2, 0.25) is 4.57 Å². The number of hydrogen-bond donors (Lipinski definition) is 1. The molecule has 0 radical (unpaired) electrons. The van der Waals surface area contributed by atoms with Crippen molar-refractivity contribution < 1.29 is 4.74 Å². The second kappa shape index (κ2) is 9.07. The molecule has 1 aliphatic heterocycles. The lowest BCUT2D eigenvalue weighted by Crippen LogP contribution is -2.32. The van der Waals surface area contributed by atoms with Crippen LogP contribution in [0.4, 0.5) is 0 Å². The van der Waals surface area contributed by atoms with Crippen LogP contribution in [0, 0.1) is 5.92 Å². The number of hydrogen-bond acceptors (Lipinski definition) is 3. The Labute approximate surface area is 154 Å². The lowest BCUT2D eigenvalue weighted by Gasteiger charge is -2.26.